The number of hydrogen-bond acceptors (Lipinski definition) is 6. The summed E-state index contributed by atoms with van der Waals surface area (Å²) in [5.41, 5.74) is 1.69. The first kappa shape index (κ1) is 24.0. The summed E-state index contributed by atoms with van der Waals surface area (Å²) in [6, 6.07) is 10.3. The Morgan fingerprint density at radius 1 is 1.18 bits per heavy atom. The molecule has 4 rings (SSSR count). The summed E-state index contributed by atoms with van der Waals surface area (Å²) in [7, 11) is 3.78. The van der Waals surface area contributed by atoms with Crippen molar-refractivity contribution in [3.8, 4) is 0 Å². The molecule has 0 spiro atoms. The summed E-state index contributed by atoms with van der Waals surface area (Å²) >= 11 is 7.42. The lowest BCUT2D eigenvalue weighted by molar-refractivity contribution is -0.127. The predicted molar refractivity (Wildman–Crippen MR) is 136 cm³/mol. The molecule has 178 valence electrons. The van der Waals surface area contributed by atoms with Crippen LogP contribution in [-0.4, -0.2) is 42.6 Å². The van der Waals surface area contributed by atoms with E-state index in [1.165, 1.54) is 11.3 Å². The average Bonchev–Trinajstić information content (AvgIpc) is 3.39. The summed E-state index contributed by atoms with van der Waals surface area (Å²) in [5.74, 6) is 1.15. The lowest BCUT2D eigenvalue weighted by Crippen LogP contribution is -2.43. The van der Waals surface area contributed by atoms with Crippen LogP contribution in [0, 0.1) is 0 Å². The monoisotopic (exact) mass is 498 g/mol. The number of anilines is 1. The van der Waals surface area contributed by atoms with Gasteiger partial charge in [0.05, 0.1) is 21.8 Å². The van der Waals surface area contributed by atoms with Gasteiger partial charge in [-0.25, -0.2) is 4.99 Å². The molecule has 1 aliphatic rings. The Hall–Kier alpha value is -3.10. The lowest BCUT2D eigenvalue weighted by atomic mass is 9.94. The maximum atomic E-state index is 13.6. The molecular formula is C25H27ClN4O3S. The third-order valence-electron chi connectivity index (χ3n) is 5.82. The molecule has 3 heterocycles. The Labute approximate surface area is 206 Å². The van der Waals surface area contributed by atoms with E-state index in [0.717, 1.165) is 5.56 Å². The molecule has 0 bridgehead atoms. The van der Waals surface area contributed by atoms with E-state index < -0.39 is 6.04 Å². The highest BCUT2D eigenvalue weighted by Gasteiger charge is 2.34. The maximum Gasteiger partial charge on any atom is 0.271 e. The zero-order valence-electron chi connectivity index (χ0n) is 19.8. The Morgan fingerprint density at radius 2 is 1.85 bits per heavy atom. The molecule has 0 unspecified atom stereocenters. The number of benzene rings is 1. The molecule has 9 heteroatoms. The molecule has 1 amide bonds. The van der Waals surface area contributed by atoms with E-state index in [-0.39, 0.29) is 11.5 Å². The van der Waals surface area contributed by atoms with Gasteiger partial charge in [-0.3, -0.25) is 14.2 Å². The second kappa shape index (κ2) is 9.64. The molecule has 7 nitrogen and oxygen atoms in total. The van der Waals surface area contributed by atoms with Gasteiger partial charge < -0.3 is 14.2 Å². The first-order chi connectivity index (χ1) is 16.2. The van der Waals surface area contributed by atoms with Crippen LogP contribution in [0.1, 0.15) is 38.1 Å². The number of carbonyl (C=O) groups excluding carboxylic acids is 1. The van der Waals surface area contributed by atoms with Gasteiger partial charge >= 0.3 is 0 Å². The number of rotatable bonds is 6. The molecule has 0 radical (unpaired) electrons. The molecular weight excluding hydrogens is 472 g/mol. The molecule has 34 heavy (non-hydrogen) atoms. The van der Waals surface area contributed by atoms with Crippen molar-refractivity contribution in [2.75, 3.05) is 32.1 Å². The number of nitrogens with zero attached hydrogens (tertiary/aromatic N) is 4. The Balaban J connectivity index is 1.93. The fourth-order valence-corrected chi connectivity index (χ4v) is 5.18. The maximum absolute atomic E-state index is 13.6. The SMILES string of the molecule is CCN(CC)C(=O)C1=C(C)N=c2s/c(=C/c3ccc(N(C)C)o3)c(=O)n2[C@@H]1c1ccc(Cl)cc1. The number of likely N-dealkylation sites (N-methyl/N-ethyl adjacent to an activating group) is 1. The summed E-state index contributed by atoms with van der Waals surface area (Å²) < 4.78 is 7.91. The topological polar surface area (TPSA) is 71.1 Å². The molecule has 0 saturated carbocycles. The van der Waals surface area contributed by atoms with Gasteiger partial charge in [0.25, 0.3) is 11.5 Å². The van der Waals surface area contributed by atoms with Crippen LogP contribution in [0.25, 0.3) is 6.08 Å². The van der Waals surface area contributed by atoms with Crippen LogP contribution >= 0.6 is 22.9 Å². The molecule has 2 aromatic heterocycles. The van der Waals surface area contributed by atoms with Gasteiger partial charge in [-0.05, 0) is 44.5 Å². The minimum Gasteiger partial charge on any atom is -0.441 e. The van der Waals surface area contributed by atoms with Crippen molar-refractivity contribution >= 4 is 40.8 Å². The lowest BCUT2D eigenvalue weighted by Gasteiger charge is -2.29. The van der Waals surface area contributed by atoms with Gasteiger partial charge in [0.1, 0.15) is 5.76 Å². The summed E-state index contributed by atoms with van der Waals surface area (Å²) in [4.78, 5) is 36.0. The minimum atomic E-state index is -0.599. The van der Waals surface area contributed by atoms with Gasteiger partial charge in [0.15, 0.2) is 10.7 Å². The van der Waals surface area contributed by atoms with Gasteiger partial charge in [-0.15, -0.1) is 0 Å². The van der Waals surface area contributed by atoms with E-state index in [0.29, 0.717) is 50.4 Å². The summed E-state index contributed by atoms with van der Waals surface area (Å²) in [6.45, 7) is 6.84. The number of furan rings is 1. The molecule has 1 atom stereocenters. The number of thiazole rings is 1. The Bertz CT molecular complexity index is 1430. The van der Waals surface area contributed by atoms with Crippen LogP contribution in [0.2, 0.25) is 5.02 Å². The summed E-state index contributed by atoms with van der Waals surface area (Å²) in [5, 5.41) is 0.586. The van der Waals surface area contributed by atoms with Crippen LogP contribution in [0.3, 0.4) is 0 Å². The van der Waals surface area contributed by atoms with Crippen LogP contribution in [0.5, 0.6) is 0 Å². The van der Waals surface area contributed by atoms with Gasteiger partial charge in [-0.1, -0.05) is 35.1 Å². The highest BCUT2D eigenvalue weighted by molar-refractivity contribution is 7.07. The number of fused-ring (bicyclic) bond motifs is 1. The first-order valence-electron chi connectivity index (χ1n) is 11.1. The van der Waals surface area contributed by atoms with Gasteiger partial charge in [0.2, 0.25) is 0 Å². The highest BCUT2D eigenvalue weighted by atomic mass is 35.5. The van der Waals surface area contributed by atoms with Crippen LogP contribution < -0.4 is 19.8 Å². The fourth-order valence-electron chi connectivity index (χ4n) is 4.03. The molecule has 0 N–H and O–H groups in total. The molecule has 0 saturated heterocycles. The Kier molecular flexibility index (Phi) is 6.81. The molecule has 1 aromatic carbocycles. The number of aromatic nitrogens is 1. The number of halogens is 1. The predicted octanol–water partition coefficient (Wildman–Crippen LogP) is 3.42. The van der Waals surface area contributed by atoms with E-state index >= 15 is 0 Å². The number of hydrogen-bond donors (Lipinski definition) is 0. The number of carbonyl (C=O) groups is 1. The van der Waals surface area contributed by atoms with E-state index in [1.54, 1.807) is 27.7 Å². The second-order valence-corrected chi connectivity index (χ2v) is 9.63. The average molecular weight is 499 g/mol. The largest absolute Gasteiger partial charge is 0.441 e. The number of amides is 1. The Morgan fingerprint density at radius 3 is 2.44 bits per heavy atom. The van der Waals surface area contributed by atoms with Crippen molar-refractivity contribution in [2.45, 2.75) is 26.8 Å². The highest BCUT2D eigenvalue weighted by Crippen LogP contribution is 2.31. The third kappa shape index (κ3) is 4.35. The standard InChI is InChI=1S/C25H27ClN4O3S/c1-6-29(7-2)24(32)21-15(3)27-25-30(22(21)16-8-10-17(26)11-9-16)23(31)19(34-25)14-18-12-13-20(33-18)28(4)5/h8-14,22H,6-7H2,1-5H3/b19-14+/t22-/m1/s1. The third-order valence-corrected chi connectivity index (χ3v) is 7.05. The smallest absolute Gasteiger partial charge is 0.271 e. The molecule has 1 aliphatic heterocycles. The number of allylic oxidation sites excluding steroid dienone is 1. The minimum absolute atomic E-state index is 0.123. The van der Waals surface area contributed by atoms with Crippen molar-refractivity contribution in [1.29, 1.82) is 0 Å². The van der Waals surface area contributed by atoms with Gasteiger partial charge in [-0.2, -0.15) is 0 Å². The zero-order valence-corrected chi connectivity index (χ0v) is 21.4. The van der Waals surface area contributed by atoms with E-state index in [9.17, 15) is 9.59 Å². The van der Waals surface area contributed by atoms with E-state index in [4.69, 9.17) is 16.0 Å². The fraction of sp³-hybridized carbons (Fsp3) is 0.320. The van der Waals surface area contributed by atoms with Crippen LogP contribution in [-0.2, 0) is 4.79 Å². The molecule has 0 fully saturated rings. The van der Waals surface area contributed by atoms with Crippen LogP contribution in [0.4, 0.5) is 5.88 Å². The van der Waals surface area contributed by atoms with Crippen molar-refractivity contribution in [2.24, 2.45) is 4.99 Å². The normalized spacial score (nSPS) is 15.8. The van der Waals surface area contributed by atoms with E-state index in [2.05, 4.69) is 4.99 Å². The quantitative estimate of drug-likeness (QED) is 0.522. The van der Waals surface area contributed by atoms with Crippen molar-refractivity contribution in [1.82, 2.24) is 9.47 Å². The van der Waals surface area contributed by atoms with Gasteiger partial charge in [0, 0.05) is 44.3 Å². The molecule has 3 aromatic rings. The van der Waals surface area contributed by atoms with Crippen molar-refractivity contribution < 1.29 is 9.21 Å². The van der Waals surface area contributed by atoms with E-state index in [1.807, 2.05) is 64.0 Å². The zero-order chi connectivity index (χ0) is 24.6. The summed E-state index contributed by atoms with van der Waals surface area (Å²) in [6.07, 6.45) is 1.72. The van der Waals surface area contributed by atoms with Crippen molar-refractivity contribution in [3.63, 3.8) is 0 Å². The molecule has 0 aliphatic carbocycles. The first-order valence-corrected chi connectivity index (χ1v) is 12.3. The second-order valence-electron chi connectivity index (χ2n) is 8.18. The van der Waals surface area contributed by atoms with Crippen LogP contribution in [0.15, 0.2) is 61.9 Å². The van der Waals surface area contributed by atoms with Crippen molar-refractivity contribution in [3.05, 3.63) is 83.7 Å².